The van der Waals surface area contributed by atoms with Gasteiger partial charge < -0.3 is 19.3 Å². The summed E-state index contributed by atoms with van der Waals surface area (Å²) in [4.78, 5) is 5.38. The van der Waals surface area contributed by atoms with Crippen LogP contribution in [0.5, 0.6) is 17.2 Å². The third-order valence-electron chi connectivity index (χ3n) is 6.78. The summed E-state index contributed by atoms with van der Waals surface area (Å²) in [5.74, 6) is 0.543. The minimum Gasteiger partial charge on any atom is -0.456 e. The molecule has 5 nitrogen and oxygen atoms in total. The van der Waals surface area contributed by atoms with Crippen LogP contribution in [0.2, 0.25) is 0 Å². The topological polar surface area (TPSA) is 28.2 Å². The Morgan fingerprint density at radius 3 is 2.35 bits per heavy atom. The average molecular weight is 612 g/mol. The van der Waals surface area contributed by atoms with Crippen LogP contribution in [-0.4, -0.2) is 49.3 Å². The van der Waals surface area contributed by atoms with Crippen molar-refractivity contribution in [2.45, 2.75) is 50.0 Å². The summed E-state index contributed by atoms with van der Waals surface area (Å²) < 4.78 is 51.7. The quantitative estimate of drug-likeness (QED) is 0.0967. The zero-order valence-electron chi connectivity index (χ0n) is 24.9. The molecular formula is C34H40F3N3O2S. The number of alkyl halides is 3. The van der Waals surface area contributed by atoms with E-state index in [1.807, 2.05) is 44.4 Å². The van der Waals surface area contributed by atoms with Crippen molar-refractivity contribution in [1.29, 1.82) is 0 Å². The fourth-order valence-electron chi connectivity index (χ4n) is 4.87. The Hall–Kier alpha value is -3.40. The van der Waals surface area contributed by atoms with Crippen LogP contribution in [0.15, 0.2) is 96.4 Å². The van der Waals surface area contributed by atoms with E-state index in [-0.39, 0.29) is 11.5 Å². The number of benzene rings is 3. The third-order valence-corrected chi connectivity index (χ3v) is 7.92. The number of rotatable bonds is 15. The van der Waals surface area contributed by atoms with Gasteiger partial charge in [-0.2, -0.15) is 0 Å². The minimum atomic E-state index is -4.78. The van der Waals surface area contributed by atoms with E-state index in [4.69, 9.17) is 4.74 Å². The van der Waals surface area contributed by atoms with E-state index in [1.54, 1.807) is 18.0 Å². The molecule has 1 aliphatic heterocycles. The van der Waals surface area contributed by atoms with E-state index in [9.17, 15) is 13.2 Å². The lowest BCUT2D eigenvalue weighted by Crippen LogP contribution is -2.25. The molecule has 0 radical (unpaired) electrons. The lowest BCUT2D eigenvalue weighted by atomic mass is 10.1. The predicted octanol–water partition coefficient (Wildman–Crippen LogP) is 9.07. The van der Waals surface area contributed by atoms with Crippen molar-refractivity contribution in [1.82, 2.24) is 9.21 Å². The van der Waals surface area contributed by atoms with Gasteiger partial charge in [0, 0.05) is 50.5 Å². The minimum absolute atomic E-state index is 0.273. The molecule has 9 heteroatoms. The van der Waals surface area contributed by atoms with Gasteiger partial charge in [-0.3, -0.25) is 0 Å². The van der Waals surface area contributed by atoms with Gasteiger partial charge >= 0.3 is 6.36 Å². The molecule has 1 heterocycles. The normalized spacial score (nSPS) is 14.0. The number of anilines is 1. The summed E-state index contributed by atoms with van der Waals surface area (Å²) in [6.45, 7) is 7.83. The van der Waals surface area contributed by atoms with E-state index in [0.717, 1.165) is 54.9 Å². The Morgan fingerprint density at radius 1 is 0.907 bits per heavy atom. The first-order valence-corrected chi connectivity index (χ1v) is 15.3. The maximum Gasteiger partial charge on any atom is 0.573 e. The molecule has 0 atom stereocenters. The van der Waals surface area contributed by atoms with Gasteiger partial charge in [-0.05, 0) is 81.1 Å². The molecule has 0 N–H and O–H groups in total. The van der Waals surface area contributed by atoms with Crippen LogP contribution in [0.1, 0.15) is 36.8 Å². The van der Waals surface area contributed by atoms with Crippen LogP contribution in [0.25, 0.3) is 0 Å². The molecule has 230 valence electrons. The highest BCUT2D eigenvalue weighted by atomic mass is 32.2. The Kier molecular flexibility index (Phi) is 12.0. The van der Waals surface area contributed by atoms with E-state index in [1.165, 1.54) is 23.8 Å². The maximum absolute atomic E-state index is 12.9. The molecule has 0 aromatic heterocycles. The molecule has 4 rings (SSSR count). The molecule has 1 fully saturated rings. The fourth-order valence-corrected chi connectivity index (χ4v) is 5.97. The van der Waals surface area contributed by atoms with Crippen LogP contribution in [0, 0.1) is 0 Å². The van der Waals surface area contributed by atoms with Crippen LogP contribution < -0.4 is 14.4 Å². The monoisotopic (exact) mass is 611 g/mol. The number of hydrogen-bond acceptors (Lipinski definition) is 6. The number of allylic oxidation sites excluding steroid dienone is 2. The van der Waals surface area contributed by atoms with Gasteiger partial charge in [-0.1, -0.05) is 54.6 Å². The van der Waals surface area contributed by atoms with Gasteiger partial charge in [-0.25, -0.2) is 4.31 Å². The Bertz CT molecular complexity index is 1340. The average Bonchev–Trinajstić information content (AvgIpc) is 3.46. The molecule has 0 bridgehead atoms. The Morgan fingerprint density at radius 2 is 1.65 bits per heavy atom. The molecule has 0 amide bonds. The fraction of sp³-hybridized carbons (Fsp3) is 0.353. The summed E-state index contributed by atoms with van der Waals surface area (Å²) in [6, 6.07) is 20.2. The molecule has 43 heavy (non-hydrogen) atoms. The van der Waals surface area contributed by atoms with Gasteiger partial charge in [0.1, 0.15) is 17.2 Å². The molecule has 3 aromatic rings. The van der Waals surface area contributed by atoms with E-state index < -0.39 is 6.36 Å². The lowest BCUT2D eigenvalue weighted by molar-refractivity contribution is -0.274. The summed E-state index contributed by atoms with van der Waals surface area (Å²) in [5, 5.41) is 0. The molecule has 0 spiro atoms. The summed E-state index contributed by atoms with van der Waals surface area (Å²) in [5.41, 5.74) is 3.32. The largest absolute Gasteiger partial charge is 0.573 e. The molecular weight excluding hydrogens is 571 g/mol. The molecule has 0 saturated carbocycles. The first-order valence-electron chi connectivity index (χ1n) is 14.5. The second-order valence-corrected chi connectivity index (χ2v) is 11.9. The summed E-state index contributed by atoms with van der Waals surface area (Å²) >= 11 is 1.64. The van der Waals surface area contributed by atoms with Gasteiger partial charge in [0.25, 0.3) is 0 Å². The first-order chi connectivity index (χ1) is 20.7. The van der Waals surface area contributed by atoms with Crippen molar-refractivity contribution in [3.63, 3.8) is 0 Å². The number of ether oxygens (including phenoxy) is 2. The second kappa shape index (κ2) is 15.9. The van der Waals surface area contributed by atoms with Gasteiger partial charge in [-0.15, -0.1) is 19.8 Å². The maximum atomic E-state index is 12.9. The highest BCUT2D eigenvalue weighted by Crippen LogP contribution is 2.42. The molecule has 1 saturated heterocycles. The third kappa shape index (κ3) is 10.7. The van der Waals surface area contributed by atoms with Crippen LogP contribution in [-0.2, 0) is 13.1 Å². The molecule has 0 aliphatic carbocycles. The number of halogens is 3. The summed E-state index contributed by atoms with van der Waals surface area (Å²) in [7, 11) is 4.09. The van der Waals surface area contributed by atoms with E-state index in [0.29, 0.717) is 25.4 Å². The van der Waals surface area contributed by atoms with Crippen molar-refractivity contribution in [3.05, 3.63) is 103 Å². The number of nitrogens with zero attached hydrogens (tertiary/aromatic N) is 3. The SMILES string of the molecule is C=CCC/C=C/CN(Cc1ccccc1)c1cc(Oc2cccc(OC(F)(F)F)c2)c(SN2CCCC2)cc1CN(C)C. The van der Waals surface area contributed by atoms with Crippen molar-refractivity contribution in [2.24, 2.45) is 0 Å². The standard InChI is InChI=1S/C34H40F3N3O2S/c1-4-5-6-7-11-19-39(25-27-15-9-8-10-16-27)31-24-32(41-29-17-14-18-30(23-29)42-34(35,36)37)33(22-28(31)26-38(2)3)43-40-20-12-13-21-40/h4,7-11,14-18,22-24H,1,5-6,12-13,19-21,25-26H2,2-3H3/b11-7+. The van der Waals surface area contributed by atoms with Gasteiger partial charge in [0.2, 0.25) is 0 Å². The molecule has 1 aliphatic rings. The number of hydrogen-bond donors (Lipinski definition) is 0. The molecule has 3 aromatic carbocycles. The van der Waals surface area contributed by atoms with Crippen LogP contribution in [0.4, 0.5) is 18.9 Å². The Balaban J connectivity index is 1.77. The van der Waals surface area contributed by atoms with Crippen molar-refractivity contribution >= 4 is 17.6 Å². The Labute approximate surface area is 257 Å². The predicted molar refractivity (Wildman–Crippen MR) is 170 cm³/mol. The van der Waals surface area contributed by atoms with E-state index >= 15 is 0 Å². The highest BCUT2D eigenvalue weighted by molar-refractivity contribution is 7.97. The van der Waals surface area contributed by atoms with Crippen LogP contribution in [0.3, 0.4) is 0 Å². The summed E-state index contributed by atoms with van der Waals surface area (Å²) in [6.07, 6.45) is 5.58. The highest BCUT2D eigenvalue weighted by Gasteiger charge is 2.31. The van der Waals surface area contributed by atoms with Crippen molar-refractivity contribution < 1.29 is 22.6 Å². The van der Waals surface area contributed by atoms with Gasteiger partial charge in [0.15, 0.2) is 0 Å². The van der Waals surface area contributed by atoms with Crippen molar-refractivity contribution in [2.75, 3.05) is 38.6 Å². The second-order valence-electron chi connectivity index (χ2n) is 10.7. The van der Waals surface area contributed by atoms with Crippen LogP contribution >= 0.6 is 11.9 Å². The zero-order chi connectivity index (χ0) is 30.7. The number of unbranched alkanes of at least 4 members (excludes halogenated alkanes) is 1. The smallest absolute Gasteiger partial charge is 0.456 e. The lowest BCUT2D eigenvalue weighted by Gasteiger charge is -2.29. The first kappa shape index (κ1) is 32.5. The zero-order valence-corrected chi connectivity index (χ0v) is 25.7. The van der Waals surface area contributed by atoms with E-state index in [2.05, 4.69) is 55.8 Å². The van der Waals surface area contributed by atoms with Gasteiger partial charge in [0.05, 0.1) is 4.90 Å². The van der Waals surface area contributed by atoms with Crippen molar-refractivity contribution in [3.8, 4) is 17.2 Å². The molecule has 0 unspecified atom stereocenters.